The normalized spacial score (nSPS) is 17.0. The van der Waals surface area contributed by atoms with Crippen molar-refractivity contribution >= 4 is 17.6 Å². The minimum absolute atomic E-state index is 0.305. The van der Waals surface area contributed by atoms with Crippen LogP contribution in [0.2, 0.25) is 5.02 Å². The predicted octanol–water partition coefficient (Wildman–Crippen LogP) is 3.73. The molecule has 0 saturated carbocycles. The Morgan fingerprint density at radius 1 is 1.45 bits per heavy atom. The van der Waals surface area contributed by atoms with E-state index >= 15 is 0 Å². The molecule has 2 aromatic rings. The second-order valence-electron chi connectivity index (χ2n) is 5.18. The standard InChI is InChI=1S/C16H16ClNO2/c1-20-16(19)14-9-12-6-5-11(15(12)18-14)7-10-3-2-4-13(17)8-10/h2-4,8-9,11,18H,5-7H2,1H3. The molecule has 1 aliphatic carbocycles. The summed E-state index contributed by atoms with van der Waals surface area (Å²) in [5.41, 5.74) is 4.18. The van der Waals surface area contributed by atoms with Crippen LogP contribution in [0, 0.1) is 0 Å². The summed E-state index contributed by atoms with van der Waals surface area (Å²) in [5.74, 6) is 0.114. The van der Waals surface area contributed by atoms with Crippen LogP contribution in [-0.4, -0.2) is 18.1 Å². The number of aromatic nitrogens is 1. The van der Waals surface area contributed by atoms with Gasteiger partial charge < -0.3 is 9.72 Å². The number of benzene rings is 1. The van der Waals surface area contributed by atoms with Crippen molar-refractivity contribution in [2.45, 2.75) is 25.2 Å². The van der Waals surface area contributed by atoms with Gasteiger partial charge in [0.2, 0.25) is 0 Å². The molecule has 4 heteroatoms. The summed E-state index contributed by atoms with van der Waals surface area (Å²) in [6, 6.07) is 9.87. The third kappa shape index (κ3) is 2.46. The van der Waals surface area contributed by atoms with Crippen LogP contribution in [0.4, 0.5) is 0 Å². The van der Waals surface area contributed by atoms with Crippen LogP contribution in [0.25, 0.3) is 0 Å². The molecule has 0 amide bonds. The van der Waals surface area contributed by atoms with Crippen molar-refractivity contribution in [3.63, 3.8) is 0 Å². The average Bonchev–Trinajstić information content (AvgIpc) is 3.00. The van der Waals surface area contributed by atoms with E-state index in [9.17, 15) is 4.79 Å². The van der Waals surface area contributed by atoms with E-state index in [0.717, 1.165) is 24.3 Å². The fraction of sp³-hybridized carbons (Fsp3) is 0.312. The highest BCUT2D eigenvalue weighted by Gasteiger charge is 2.26. The highest BCUT2D eigenvalue weighted by Crippen LogP contribution is 2.36. The SMILES string of the molecule is COC(=O)c1cc2c([nH]1)C(Cc1cccc(Cl)c1)CC2. The molecule has 0 spiro atoms. The van der Waals surface area contributed by atoms with Crippen molar-refractivity contribution < 1.29 is 9.53 Å². The largest absolute Gasteiger partial charge is 0.464 e. The van der Waals surface area contributed by atoms with E-state index in [-0.39, 0.29) is 5.97 Å². The summed E-state index contributed by atoms with van der Waals surface area (Å²) in [7, 11) is 1.40. The van der Waals surface area contributed by atoms with Crippen LogP contribution < -0.4 is 0 Å². The second kappa shape index (κ2) is 5.33. The number of esters is 1. The van der Waals surface area contributed by atoms with Crippen molar-refractivity contribution in [2.75, 3.05) is 7.11 Å². The van der Waals surface area contributed by atoms with Crippen LogP contribution >= 0.6 is 11.6 Å². The topological polar surface area (TPSA) is 42.1 Å². The van der Waals surface area contributed by atoms with E-state index in [1.807, 2.05) is 24.3 Å². The van der Waals surface area contributed by atoms with E-state index in [1.165, 1.54) is 23.9 Å². The number of H-pyrrole nitrogens is 1. The van der Waals surface area contributed by atoms with E-state index < -0.39 is 0 Å². The van der Waals surface area contributed by atoms with Crippen LogP contribution in [0.15, 0.2) is 30.3 Å². The number of methoxy groups -OCH3 is 1. The number of fused-ring (bicyclic) bond motifs is 1. The fourth-order valence-corrected chi connectivity index (χ4v) is 3.14. The number of rotatable bonds is 3. The zero-order chi connectivity index (χ0) is 14.1. The summed E-state index contributed by atoms with van der Waals surface area (Å²) in [6.07, 6.45) is 3.05. The van der Waals surface area contributed by atoms with Crippen molar-refractivity contribution in [2.24, 2.45) is 0 Å². The Morgan fingerprint density at radius 3 is 3.05 bits per heavy atom. The molecule has 0 aliphatic heterocycles. The first-order chi connectivity index (χ1) is 9.67. The highest BCUT2D eigenvalue weighted by molar-refractivity contribution is 6.30. The maximum atomic E-state index is 11.6. The van der Waals surface area contributed by atoms with Gasteiger partial charge in [-0.05, 0) is 48.6 Å². The Kier molecular flexibility index (Phi) is 3.53. The Balaban J connectivity index is 1.82. The third-order valence-electron chi connectivity index (χ3n) is 3.88. The lowest BCUT2D eigenvalue weighted by Crippen LogP contribution is -2.04. The Hall–Kier alpha value is -1.74. The summed E-state index contributed by atoms with van der Waals surface area (Å²) in [4.78, 5) is 14.8. The number of aromatic amines is 1. The zero-order valence-electron chi connectivity index (χ0n) is 11.3. The first kappa shape index (κ1) is 13.3. The van der Waals surface area contributed by atoms with Crippen molar-refractivity contribution in [1.29, 1.82) is 0 Å². The molecule has 0 fully saturated rings. The molecule has 1 aromatic carbocycles. The van der Waals surface area contributed by atoms with Crippen LogP contribution in [-0.2, 0) is 17.6 Å². The van der Waals surface area contributed by atoms with Crippen LogP contribution in [0.3, 0.4) is 0 Å². The number of halogens is 1. The van der Waals surface area contributed by atoms with Crippen LogP contribution in [0.5, 0.6) is 0 Å². The molecule has 1 N–H and O–H groups in total. The molecule has 1 aliphatic rings. The van der Waals surface area contributed by atoms with Crippen molar-refractivity contribution in [3.8, 4) is 0 Å². The molecule has 1 aromatic heterocycles. The molecular weight excluding hydrogens is 274 g/mol. The fourth-order valence-electron chi connectivity index (χ4n) is 2.93. The van der Waals surface area contributed by atoms with E-state index in [4.69, 9.17) is 16.3 Å². The van der Waals surface area contributed by atoms with Gasteiger partial charge in [0.15, 0.2) is 0 Å². The first-order valence-electron chi connectivity index (χ1n) is 6.72. The van der Waals surface area contributed by atoms with Gasteiger partial charge in [-0.1, -0.05) is 23.7 Å². The minimum atomic E-state index is -0.305. The molecule has 3 rings (SSSR count). The highest BCUT2D eigenvalue weighted by atomic mass is 35.5. The summed E-state index contributed by atoms with van der Waals surface area (Å²) in [6.45, 7) is 0. The van der Waals surface area contributed by atoms with Gasteiger partial charge in [0.05, 0.1) is 7.11 Å². The quantitative estimate of drug-likeness (QED) is 0.875. The Bertz CT molecular complexity index is 648. The van der Waals surface area contributed by atoms with Gasteiger partial charge in [-0.15, -0.1) is 0 Å². The molecule has 0 radical (unpaired) electrons. The lowest BCUT2D eigenvalue weighted by molar-refractivity contribution is 0.0594. The number of carbonyl (C=O) groups is 1. The van der Waals surface area contributed by atoms with E-state index in [0.29, 0.717) is 11.6 Å². The summed E-state index contributed by atoms with van der Waals surface area (Å²) >= 11 is 6.03. The number of nitrogens with one attached hydrogen (secondary N) is 1. The van der Waals surface area contributed by atoms with Gasteiger partial charge in [0.25, 0.3) is 0 Å². The third-order valence-corrected chi connectivity index (χ3v) is 4.12. The Labute approximate surface area is 122 Å². The smallest absolute Gasteiger partial charge is 0.354 e. The number of carbonyl (C=O) groups excluding carboxylic acids is 1. The van der Waals surface area contributed by atoms with Crippen LogP contribution in [0.1, 0.15) is 39.6 Å². The van der Waals surface area contributed by atoms with Gasteiger partial charge in [0, 0.05) is 16.6 Å². The van der Waals surface area contributed by atoms with Gasteiger partial charge in [-0.2, -0.15) is 0 Å². The van der Waals surface area contributed by atoms with E-state index in [2.05, 4.69) is 11.1 Å². The molecule has 1 atom stereocenters. The summed E-state index contributed by atoms with van der Waals surface area (Å²) in [5, 5.41) is 0.766. The summed E-state index contributed by atoms with van der Waals surface area (Å²) < 4.78 is 4.75. The number of aryl methyl sites for hydroxylation is 1. The first-order valence-corrected chi connectivity index (χ1v) is 7.09. The van der Waals surface area contributed by atoms with Gasteiger partial charge in [-0.25, -0.2) is 4.79 Å². The average molecular weight is 290 g/mol. The van der Waals surface area contributed by atoms with Gasteiger partial charge >= 0.3 is 5.97 Å². The molecule has 3 nitrogen and oxygen atoms in total. The lowest BCUT2D eigenvalue weighted by atomic mass is 9.97. The number of hydrogen-bond acceptors (Lipinski definition) is 2. The molecule has 1 heterocycles. The lowest BCUT2D eigenvalue weighted by Gasteiger charge is -2.10. The van der Waals surface area contributed by atoms with Crippen molar-refractivity contribution in [1.82, 2.24) is 4.98 Å². The zero-order valence-corrected chi connectivity index (χ0v) is 12.0. The minimum Gasteiger partial charge on any atom is -0.464 e. The Morgan fingerprint density at radius 2 is 2.30 bits per heavy atom. The van der Waals surface area contributed by atoms with Crippen molar-refractivity contribution in [3.05, 3.63) is 57.9 Å². The monoisotopic (exact) mass is 289 g/mol. The molecule has 20 heavy (non-hydrogen) atoms. The molecule has 1 unspecified atom stereocenters. The molecular formula is C16H16ClNO2. The maximum absolute atomic E-state index is 11.6. The predicted molar refractivity (Wildman–Crippen MR) is 78.4 cm³/mol. The number of hydrogen-bond donors (Lipinski definition) is 1. The molecule has 0 bridgehead atoms. The molecule has 104 valence electrons. The van der Waals surface area contributed by atoms with E-state index in [1.54, 1.807) is 0 Å². The maximum Gasteiger partial charge on any atom is 0.354 e. The second-order valence-corrected chi connectivity index (χ2v) is 5.62. The molecule has 0 saturated heterocycles. The van der Waals surface area contributed by atoms with Gasteiger partial charge in [-0.3, -0.25) is 0 Å². The number of ether oxygens (including phenoxy) is 1. The van der Waals surface area contributed by atoms with Gasteiger partial charge in [0.1, 0.15) is 5.69 Å².